The SMILES string of the molecule is NCc1c(N2CCN(CCO)CC2)nc2ccccn12. The average Bonchev–Trinajstić information content (AvgIpc) is 2.87. The van der Waals surface area contributed by atoms with E-state index in [0.717, 1.165) is 49.9 Å². The molecule has 0 saturated carbocycles. The zero-order valence-electron chi connectivity index (χ0n) is 11.6. The van der Waals surface area contributed by atoms with Crippen molar-refractivity contribution in [2.45, 2.75) is 6.54 Å². The summed E-state index contributed by atoms with van der Waals surface area (Å²) < 4.78 is 2.06. The monoisotopic (exact) mass is 275 g/mol. The van der Waals surface area contributed by atoms with Crippen LogP contribution in [0.15, 0.2) is 24.4 Å². The molecule has 1 fully saturated rings. The highest BCUT2D eigenvalue weighted by molar-refractivity contribution is 5.56. The summed E-state index contributed by atoms with van der Waals surface area (Å²) >= 11 is 0. The van der Waals surface area contributed by atoms with Crippen LogP contribution in [-0.4, -0.2) is 58.7 Å². The van der Waals surface area contributed by atoms with E-state index in [4.69, 9.17) is 15.8 Å². The molecular weight excluding hydrogens is 254 g/mol. The fourth-order valence-electron chi connectivity index (χ4n) is 2.80. The molecule has 2 aromatic heterocycles. The van der Waals surface area contributed by atoms with Crippen LogP contribution in [0.3, 0.4) is 0 Å². The first-order valence-corrected chi connectivity index (χ1v) is 7.07. The van der Waals surface area contributed by atoms with Crippen molar-refractivity contribution in [2.24, 2.45) is 5.73 Å². The van der Waals surface area contributed by atoms with E-state index in [2.05, 4.69) is 14.2 Å². The Kier molecular flexibility index (Phi) is 3.86. The van der Waals surface area contributed by atoms with Crippen LogP contribution in [-0.2, 0) is 6.54 Å². The van der Waals surface area contributed by atoms with Crippen LogP contribution in [0, 0.1) is 0 Å². The van der Waals surface area contributed by atoms with Gasteiger partial charge < -0.3 is 20.1 Å². The number of aliphatic hydroxyl groups is 1. The number of aromatic nitrogens is 2. The van der Waals surface area contributed by atoms with E-state index < -0.39 is 0 Å². The second kappa shape index (κ2) is 5.78. The van der Waals surface area contributed by atoms with Crippen LogP contribution < -0.4 is 10.6 Å². The fourth-order valence-corrected chi connectivity index (χ4v) is 2.80. The van der Waals surface area contributed by atoms with Gasteiger partial charge >= 0.3 is 0 Å². The second-order valence-electron chi connectivity index (χ2n) is 5.07. The molecule has 1 aliphatic rings. The minimum atomic E-state index is 0.225. The van der Waals surface area contributed by atoms with E-state index in [1.54, 1.807) is 0 Å². The molecule has 0 amide bonds. The molecule has 1 saturated heterocycles. The second-order valence-corrected chi connectivity index (χ2v) is 5.07. The normalized spacial score (nSPS) is 17.0. The van der Waals surface area contributed by atoms with Gasteiger partial charge in [-0.2, -0.15) is 0 Å². The average molecular weight is 275 g/mol. The molecule has 0 spiro atoms. The number of imidazole rings is 1. The molecule has 0 aliphatic carbocycles. The smallest absolute Gasteiger partial charge is 0.152 e. The molecule has 3 heterocycles. The molecule has 2 aromatic rings. The topological polar surface area (TPSA) is 70.0 Å². The van der Waals surface area contributed by atoms with Gasteiger partial charge in [-0.25, -0.2) is 4.98 Å². The number of pyridine rings is 1. The molecule has 3 N–H and O–H groups in total. The number of aliphatic hydroxyl groups excluding tert-OH is 1. The van der Waals surface area contributed by atoms with Crippen LogP contribution in [0.2, 0.25) is 0 Å². The zero-order chi connectivity index (χ0) is 13.9. The molecule has 6 nitrogen and oxygen atoms in total. The van der Waals surface area contributed by atoms with Crippen molar-refractivity contribution in [1.82, 2.24) is 14.3 Å². The summed E-state index contributed by atoms with van der Waals surface area (Å²) in [4.78, 5) is 9.29. The number of rotatable bonds is 4. The first-order valence-electron chi connectivity index (χ1n) is 7.07. The van der Waals surface area contributed by atoms with Crippen molar-refractivity contribution in [3.8, 4) is 0 Å². The molecule has 108 valence electrons. The Morgan fingerprint density at radius 2 is 2.00 bits per heavy atom. The maximum absolute atomic E-state index is 8.99. The van der Waals surface area contributed by atoms with Gasteiger partial charge in [0.05, 0.1) is 12.3 Å². The van der Waals surface area contributed by atoms with Crippen molar-refractivity contribution in [3.63, 3.8) is 0 Å². The Labute approximate surface area is 118 Å². The van der Waals surface area contributed by atoms with Crippen molar-refractivity contribution in [3.05, 3.63) is 30.1 Å². The number of fused-ring (bicyclic) bond motifs is 1. The van der Waals surface area contributed by atoms with Gasteiger partial charge in [-0.05, 0) is 12.1 Å². The highest BCUT2D eigenvalue weighted by Gasteiger charge is 2.21. The first-order chi connectivity index (χ1) is 9.83. The summed E-state index contributed by atoms with van der Waals surface area (Å²) in [5.74, 6) is 1.00. The summed E-state index contributed by atoms with van der Waals surface area (Å²) in [5.41, 5.74) is 7.92. The molecule has 0 bridgehead atoms. The Bertz CT molecular complexity index is 574. The van der Waals surface area contributed by atoms with E-state index in [1.807, 2.05) is 24.4 Å². The predicted octanol–water partition coefficient (Wildman–Crippen LogP) is -0.0927. The van der Waals surface area contributed by atoms with Gasteiger partial charge in [0.1, 0.15) is 5.65 Å². The lowest BCUT2D eigenvalue weighted by Gasteiger charge is -2.34. The standard InChI is InChI=1S/C14H21N5O/c15-11-12-14(16-13-3-1-2-4-19(12)13)18-7-5-17(6-8-18)9-10-20/h1-4,20H,5-11,15H2. The van der Waals surface area contributed by atoms with Crippen LogP contribution in [0.5, 0.6) is 0 Å². The lowest BCUT2D eigenvalue weighted by Crippen LogP contribution is -2.47. The van der Waals surface area contributed by atoms with Gasteiger partial charge in [-0.1, -0.05) is 6.07 Å². The van der Waals surface area contributed by atoms with Gasteiger partial charge in [0.25, 0.3) is 0 Å². The van der Waals surface area contributed by atoms with Crippen LogP contribution in [0.1, 0.15) is 5.69 Å². The maximum Gasteiger partial charge on any atom is 0.152 e. The van der Waals surface area contributed by atoms with Crippen LogP contribution >= 0.6 is 0 Å². The van der Waals surface area contributed by atoms with Crippen molar-refractivity contribution >= 4 is 11.5 Å². The highest BCUT2D eigenvalue weighted by atomic mass is 16.3. The van der Waals surface area contributed by atoms with Crippen molar-refractivity contribution in [2.75, 3.05) is 44.2 Å². The van der Waals surface area contributed by atoms with Crippen molar-refractivity contribution < 1.29 is 5.11 Å². The summed E-state index contributed by atoms with van der Waals surface area (Å²) in [5, 5.41) is 8.99. The summed E-state index contributed by atoms with van der Waals surface area (Å²) in [6.45, 7) is 5.23. The first kappa shape index (κ1) is 13.4. The molecule has 0 atom stereocenters. The largest absolute Gasteiger partial charge is 0.395 e. The lowest BCUT2D eigenvalue weighted by atomic mass is 10.3. The molecule has 20 heavy (non-hydrogen) atoms. The fraction of sp³-hybridized carbons (Fsp3) is 0.500. The third-order valence-corrected chi connectivity index (χ3v) is 3.89. The molecule has 0 radical (unpaired) electrons. The Balaban J connectivity index is 1.84. The molecule has 6 heteroatoms. The van der Waals surface area contributed by atoms with E-state index in [1.165, 1.54) is 0 Å². The third kappa shape index (κ3) is 2.37. The lowest BCUT2D eigenvalue weighted by molar-refractivity contribution is 0.188. The molecular formula is C14H21N5O. The van der Waals surface area contributed by atoms with Gasteiger partial charge in [-0.3, -0.25) is 4.90 Å². The minimum Gasteiger partial charge on any atom is -0.395 e. The maximum atomic E-state index is 8.99. The number of anilines is 1. The highest BCUT2D eigenvalue weighted by Crippen LogP contribution is 2.22. The third-order valence-electron chi connectivity index (χ3n) is 3.89. The van der Waals surface area contributed by atoms with Gasteiger partial charge in [0.2, 0.25) is 0 Å². The van der Waals surface area contributed by atoms with Crippen LogP contribution in [0.4, 0.5) is 5.82 Å². The van der Waals surface area contributed by atoms with Gasteiger partial charge in [0.15, 0.2) is 5.82 Å². The number of nitrogens with zero attached hydrogens (tertiary/aromatic N) is 4. The summed E-state index contributed by atoms with van der Waals surface area (Å²) in [6.07, 6.45) is 2.01. The molecule has 3 rings (SSSR count). The molecule has 1 aliphatic heterocycles. The summed E-state index contributed by atoms with van der Waals surface area (Å²) in [7, 11) is 0. The number of hydrogen-bond acceptors (Lipinski definition) is 5. The number of β-amino-alcohol motifs (C(OH)–C–C–N with tert-alkyl or cyclic N) is 1. The number of piperazine rings is 1. The quantitative estimate of drug-likeness (QED) is 0.816. The van der Waals surface area contributed by atoms with E-state index >= 15 is 0 Å². The van der Waals surface area contributed by atoms with E-state index in [-0.39, 0.29) is 6.61 Å². The predicted molar refractivity (Wildman–Crippen MR) is 78.8 cm³/mol. The van der Waals surface area contributed by atoms with Gasteiger partial charge in [0, 0.05) is 45.5 Å². The van der Waals surface area contributed by atoms with Crippen LogP contribution in [0.25, 0.3) is 5.65 Å². The summed E-state index contributed by atoms with van der Waals surface area (Å²) in [6, 6.07) is 5.99. The zero-order valence-corrected chi connectivity index (χ0v) is 11.6. The number of hydrogen-bond donors (Lipinski definition) is 2. The Morgan fingerprint density at radius 1 is 1.20 bits per heavy atom. The Hall–Kier alpha value is -1.63. The molecule has 0 aromatic carbocycles. The minimum absolute atomic E-state index is 0.225. The molecule has 0 unspecified atom stereocenters. The van der Waals surface area contributed by atoms with E-state index in [9.17, 15) is 0 Å². The van der Waals surface area contributed by atoms with Crippen molar-refractivity contribution in [1.29, 1.82) is 0 Å². The Morgan fingerprint density at radius 3 is 2.70 bits per heavy atom. The van der Waals surface area contributed by atoms with E-state index in [0.29, 0.717) is 6.54 Å². The number of nitrogens with two attached hydrogens (primary N) is 1. The van der Waals surface area contributed by atoms with Gasteiger partial charge in [-0.15, -0.1) is 0 Å².